The Bertz CT molecular complexity index is 985. The number of nitrogens with one attached hydrogen (secondary N) is 1. The molecule has 2 heterocycles. The van der Waals surface area contributed by atoms with Crippen LogP contribution in [0.1, 0.15) is 22.0 Å². The molecular weight excluding hydrogens is 371 g/mol. The van der Waals surface area contributed by atoms with Gasteiger partial charge in [-0.1, -0.05) is 23.5 Å². The van der Waals surface area contributed by atoms with Crippen molar-refractivity contribution in [3.05, 3.63) is 53.3 Å². The minimum Gasteiger partial charge on any atom is -0.494 e. The minimum absolute atomic E-state index is 0.195. The van der Waals surface area contributed by atoms with Crippen LogP contribution in [0.25, 0.3) is 10.2 Å². The van der Waals surface area contributed by atoms with Crippen molar-refractivity contribution in [3.8, 4) is 5.75 Å². The molecule has 1 atom stereocenters. The average Bonchev–Trinajstić information content (AvgIpc) is 3.11. The maximum absolute atomic E-state index is 13.4. The second-order valence-electron chi connectivity index (χ2n) is 5.95. The third kappa shape index (κ3) is 3.64. The monoisotopic (exact) mass is 388 g/mol. The molecule has 0 bridgehead atoms. The van der Waals surface area contributed by atoms with Crippen LogP contribution < -0.4 is 10.1 Å². The first-order valence-corrected chi connectivity index (χ1v) is 9.21. The van der Waals surface area contributed by atoms with Crippen molar-refractivity contribution in [1.29, 1.82) is 0 Å². The summed E-state index contributed by atoms with van der Waals surface area (Å²) in [5.41, 5.74) is 1.81. The molecule has 0 spiro atoms. The lowest BCUT2D eigenvalue weighted by molar-refractivity contribution is -0.0895. The number of rotatable bonds is 4. The highest BCUT2D eigenvalue weighted by Crippen LogP contribution is 2.39. The summed E-state index contributed by atoms with van der Waals surface area (Å²) in [6.07, 6.45) is -0.195. The number of ether oxygens (including phenoxy) is 3. The summed E-state index contributed by atoms with van der Waals surface area (Å²) in [5, 5.41) is 3.13. The number of benzene rings is 2. The average molecular weight is 388 g/mol. The molecule has 1 aromatic heterocycles. The Morgan fingerprint density at radius 1 is 1.33 bits per heavy atom. The number of methoxy groups -OCH3 is 1. The van der Waals surface area contributed by atoms with Crippen molar-refractivity contribution >= 4 is 32.6 Å². The predicted molar refractivity (Wildman–Crippen MR) is 100 cm³/mol. The summed E-state index contributed by atoms with van der Waals surface area (Å²) < 4.78 is 30.9. The Morgan fingerprint density at radius 3 is 2.96 bits per heavy atom. The summed E-state index contributed by atoms with van der Waals surface area (Å²) in [6.45, 7) is 1.57. The van der Waals surface area contributed by atoms with E-state index in [1.165, 1.54) is 29.5 Å². The third-order valence-corrected chi connectivity index (χ3v) is 5.25. The van der Waals surface area contributed by atoms with Gasteiger partial charge in [-0.3, -0.25) is 10.1 Å². The van der Waals surface area contributed by atoms with Gasteiger partial charge >= 0.3 is 0 Å². The maximum Gasteiger partial charge on any atom is 0.257 e. The lowest BCUT2D eigenvalue weighted by Gasteiger charge is -2.23. The van der Waals surface area contributed by atoms with E-state index in [1.807, 2.05) is 12.1 Å². The van der Waals surface area contributed by atoms with Gasteiger partial charge < -0.3 is 14.2 Å². The topological polar surface area (TPSA) is 69.7 Å². The first-order chi connectivity index (χ1) is 13.2. The summed E-state index contributed by atoms with van der Waals surface area (Å²) in [5.74, 6) is -0.287. The van der Waals surface area contributed by atoms with Gasteiger partial charge in [-0.2, -0.15) is 0 Å². The fourth-order valence-corrected chi connectivity index (χ4v) is 3.98. The molecule has 0 saturated carbocycles. The van der Waals surface area contributed by atoms with Crippen LogP contribution in [0, 0.1) is 5.82 Å². The van der Waals surface area contributed by atoms with Crippen molar-refractivity contribution in [2.24, 2.45) is 0 Å². The predicted octanol–water partition coefficient (Wildman–Crippen LogP) is 3.78. The lowest BCUT2D eigenvalue weighted by atomic mass is 10.1. The van der Waals surface area contributed by atoms with Crippen molar-refractivity contribution in [2.45, 2.75) is 6.10 Å². The Morgan fingerprint density at radius 2 is 2.22 bits per heavy atom. The van der Waals surface area contributed by atoms with E-state index in [1.54, 1.807) is 13.2 Å². The van der Waals surface area contributed by atoms with Crippen LogP contribution in [0.15, 0.2) is 36.4 Å². The number of nitrogens with zero attached hydrogens (tertiary/aromatic N) is 1. The minimum atomic E-state index is -0.467. The molecule has 1 aliphatic heterocycles. The highest BCUT2D eigenvalue weighted by Gasteiger charge is 2.23. The molecule has 8 heteroatoms. The zero-order chi connectivity index (χ0) is 18.8. The molecule has 1 unspecified atom stereocenters. The van der Waals surface area contributed by atoms with Gasteiger partial charge in [0.2, 0.25) is 0 Å². The molecule has 1 aliphatic rings. The van der Waals surface area contributed by atoms with Crippen molar-refractivity contribution in [3.63, 3.8) is 0 Å². The number of anilines is 1. The first kappa shape index (κ1) is 17.8. The van der Waals surface area contributed by atoms with Gasteiger partial charge in [0.05, 0.1) is 31.6 Å². The molecular formula is C19H17FN2O4S. The summed E-state index contributed by atoms with van der Waals surface area (Å²) in [6, 6.07) is 9.26. The molecule has 0 aliphatic carbocycles. The lowest BCUT2D eigenvalue weighted by Crippen LogP contribution is -2.21. The SMILES string of the molecule is COc1ccc(C2COCCO2)c2sc(NC(=O)c3cccc(F)c3)nc12. The van der Waals surface area contributed by atoms with Gasteiger partial charge in [0, 0.05) is 11.1 Å². The van der Waals surface area contributed by atoms with Gasteiger partial charge in [-0.05, 0) is 24.3 Å². The highest BCUT2D eigenvalue weighted by atomic mass is 32.1. The van der Waals surface area contributed by atoms with E-state index in [2.05, 4.69) is 10.3 Å². The number of halogens is 1. The summed E-state index contributed by atoms with van der Waals surface area (Å²) >= 11 is 1.32. The Hall–Kier alpha value is -2.55. The number of hydrogen-bond acceptors (Lipinski definition) is 6. The molecule has 0 radical (unpaired) electrons. The quantitative estimate of drug-likeness (QED) is 0.737. The molecule has 1 saturated heterocycles. The normalized spacial score (nSPS) is 17.0. The van der Waals surface area contributed by atoms with E-state index < -0.39 is 11.7 Å². The van der Waals surface area contributed by atoms with Crippen LogP contribution in [0.3, 0.4) is 0 Å². The molecule has 3 aromatic rings. The Kier molecular flexibility index (Phi) is 5.02. The molecule has 1 amide bonds. The highest BCUT2D eigenvalue weighted by molar-refractivity contribution is 7.22. The standard InChI is InChI=1S/C19H17FN2O4S/c1-24-14-6-5-13(15-10-25-7-8-26-15)17-16(14)21-19(27-17)22-18(23)11-3-2-4-12(20)9-11/h2-6,9,15H,7-8,10H2,1H3,(H,21,22,23). The number of aromatic nitrogens is 1. The molecule has 27 heavy (non-hydrogen) atoms. The van der Waals surface area contributed by atoms with Crippen molar-refractivity contribution < 1.29 is 23.4 Å². The zero-order valence-corrected chi connectivity index (χ0v) is 15.3. The number of thiazole rings is 1. The molecule has 1 fully saturated rings. The van der Waals surface area contributed by atoms with Crippen LogP contribution in [-0.4, -0.2) is 37.8 Å². The molecule has 2 aromatic carbocycles. The number of fused-ring (bicyclic) bond motifs is 1. The number of hydrogen-bond donors (Lipinski definition) is 1. The van der Waals surface area contributed by atoms with E-state index in [9.17, 15) is 9.18 Å². The number of amides is 1. The second kappa shape index (κ2) is 7.59. The van der Waals surface area contributed by atoms with Gasteiger partial charge in [-0.15, -0.1) is 0 Å². The molecule has 1 N–H and O–H groups in total. The van der Waals surface area contributed by atoms with Crippen LogP contribution in [-0.2, 0) is 9.47 Å². The number of carbonyl (C=O) groups excluding carboxylic acids is 1. The van der Waals surface area contributed by atoms with E-state index >= 15 is 0 Å². The summed E-state index contributed by atoms with van der Waals surface area (Å²) in [4.78, 5) is 16.9. The Labute approximate surface area is 158 Å². The summed E-state index contributed by atoms with van der Waals surface area (Å²) in [7, 11) is 1.57. The Balaban J connectivity index is 1.68. The smallest absolute Gasteiger partial charge is 0.257 e. The van der Waals surface area contributed by atoms with Gasteiger partial charge in [0.15, 0.2) is 5.13 Å². The van der Waals surface area contributed by atoms with E-state index in [-0.39, 0.29) is 11.7 Å². The fraction of sp³-hybridized carbons (Fsp3) is 0.263. The van der Waals surface area contributed by atoms with Gasteiger partial charge in [0.1, 0.15) is 23.2 Å². The molecule has 4 rings (SSSR count). The van der Waals surface area contributed by atoms with E-state index in [0.29, 0.717) is 36.2 Å². The molecule has 6 nitrogen and oxygen atoms in total. The van der Waals surface area contributed by atoms with Gasteiger partial charge in [-0.25, -0.2) is 9.37 Å². The second-order valence-corrected chi connectivity index (χ2v) is 6.95. The van der Waals surface area contributed by atoms with E-state index in [4.69, 9.17) is 14.2 Å². The fourth-order valence-electron chi connectivity index (χ4n) is 2.94. The zero-order valence-electron chi connectivity index (χ0n) is 14.5. The third-order valence-electron chi connectivity index (χ3n) is 4.23. The van der Waals surface area contributed by atoms with Crippen LogP contribution in [0.2, 0.25) is 0 Å². The van der Waals surface area contributed by atoms with Crippen molar-refractivity contribution in [2.75, 3.05) is 32.2 Å². The van der Waals surface area contributed by atoms with Crippen molar-refractivity contribution in [1.82, 2.24) is 4.98 Å². The molecule has 140 valence electrons. The largest absolute Gasteiger partial charge is 0.494 e. The van der Waals surface area contributed by atoms with Crippen LogP contribution in [0.5, 0.6) is 5.75 Å². The number of carbonyl (C=O) groups is 1. The first-order valence-electron chi connectivity index (χ1n) is 8.39. The van der Waals surface area contributed by atoms with E-state index in [0.717, 1.165) is 10.3 Å². The van der Waals surface area contributed by atoms with Crippen LogP contribution >= 0.6 is 11.3 Å². The van der Waals surface area contributed by atoms with Gasteiger partial charge in [0.25, 0.3) is 5.91 Å². The van der Waals surface area contributed by atoms with Crippen LogP contribution in [0.4, 0.5) is 9.52 Å². The maximum atomic E-state index is 13.4.